The second kappa shape index (κ2) is 5.70. The first kappa shape index (κ1) is 14.8. The number of carbonyl (C=O) groups excluding carboxylic acids is 1. The quantitative estimate of drug-likeness (QED) is 0.570. The summed E-state index contributed by atoms with van der Waals surface area (Å²) in [6.45, 7) is 0. The van der Waals surface area contributed by atoms with Crippen LogP contribution in [0.4, 0.5) is 0 Å². The largest absolute Gasteiger partial charge is 0.280 e. The molecule has 4 heteroatoms. The molecule has 1 heterocycles. The first-order valence-electron chi connectivity index (χ1n) is 7.78. The highest BCUT2D eigenvalue weighted by Crippen LogP contribution is 2.33. The van der Waals surface area contributed by atoms with Gasteiger partial charge in [0.05, 0.1) is 15.6 Å². The number of rotatable bonds is 1. The summed E-state index contributed by atoms with van der Waals surface area (Å²) in [5.41, 5.74) is 4.01. The Hall–Kier alpha value is -1.77. The van der Waals surface area contributed by atoms with Gasteiger partial charge >= 0.3 is 0 Å². The van der Waals surface area contributed by atoms with E-state index in [1.54, 1.807) is 18.2 Å². The second-order valence-corrected chi connectivity index (χ2v) is 6.73. The second-order valence-electron chi connectivity index (χ2n) is 5.92. The number of benzene rings is 2. The standard InChI is InChI=1S/C19H15Cl2NO/c20-15-10-9-12(11-16(15)21)19(23)22-17-7-3-1-5-13(17)14-6-2-4-8-18(14)22/h1,3,5,7,9-11H,2,4,6,8H2. The lowest BCUT2D eigenvalue weighted by Gasteiger charge is -2.15. The van der Waals surface area contributed by atoms with Crippen molar-refractivity contribution in [2.45, 2.75) is 25.7 Å². The van der Waals surface area contributed by atoms with E-state index in [1.165, 1.54) is 17.4 Å². The molecule has 0 spiro atoms. The molecular weight excluding hydrogens is 329 g/mol. The fourth-order valence-corrected chi connectivity index (χ4v) is 3.78. The van der Waals surface area contributed by atoms with Gasteiger partial charge in [0, 0.05) is 16.6 Å². The third-order valence-electron chi connectivity index (χ3n) is 4.55. The van der Waals surface area contributed by atoms with Crippen LogP contribution in [0.3, 0.4) is 0 Å². The van der Waals surface area contributed by atoms with E-state index in [2.05, 4.69) is 6.07 Å². The van der Waals surface area contributed by atoms with E-state index in [-0.39, 0.29) is 5.91 Å². The number of hydrogen-bond donors (Lipinski definition) is 0. The van der Waals surface area contributed by atoms with Gasteiger partial charge in [0.2, 0.25) is 0 Å². The first-order valence-corrected chi connectivity index (χ1v) is 8.53. The van der Waals surface area contributed by atoms with Crippen LogP contribution in [-0.4, -0.2) is 10.5 Å². The molecule has 4 rings (SSSR count). The van der Waals surface area contributed by atoms with Crippen molar-refractivity contribution in [2.75, 3.05) is 0 Å². The minimum Gasteiger partial charge on any atom is -0.280 e. The van der Waals surface area contributed by atoms with Crippen LogP contribution in [0, 0.1) is 0 Å². The molecule has 3 aromatic rings. The van der Waals surface area contributed by atoms with Crippen molar-refractivity contribution in [3.8, 4) is 0 Å². The minimum absolute atomic E-state index is 0.0390. The number of halogens is 2. The fraction of sp³-hybridized carbons (Fsp3) is 0.211. The van der Waals surface area contributed by atoms with Crippen LogP contribution in [0.2, 0.25) is 10.0 Å². The van der Waals surface area contributed by atoms with Gasteiger partial charge in [-0.05, 0) is 55.5 Å². The van der Waals surface area contributed by atoms with E-state index in [9.17, 15) is 4.79 Å². The van der Waals surface area contributed by atoms with Gasteiger partial charge in [-0.3, -0.25) is 9.36 Å². The van der Waals surface area contributed by atoms with Gasteiger partial charge in [0.15, 0.2) is 0 Å². The van der Waals surface area contributed by atoms with Crippen molar-refractivity contribution < 1.29 is 4.79 Å². The number of fused-ring (bicyclic) bond motifs is 3. The highest BCUT2D eigenvalue weighted by molar-refractivity contribution is 6.42. The lowest BCUT2D eigenvalue weighted by molar-refractivity contribution is 0.0961. The third kappa shape index (κ3) is 2.37. The summed E-state index contributed by atoms with van der Waals surface area (Å²) < 4.78 is 1.86. The number of aromatic nitrogens is 1. The van der Waals surface area contributed by atoms with Gasteiger partial charge in [-0.1, -0.05) is 41.4 Å². The first-order chi connectivity index (χ1) is 11.2. The molecule has 0 bridgehead atoms. The molecule has 0 N–H and O–H groups in total. The number of para-hydroxylation sites is 1. The van der Waals surface area contributed by atoms with Crippen LogP contribution < -0.4 is 0 Å². The predicted molar refractivity (Wildman–Crippen MR) is 94.8 cm³/mol. The number of carbonyl (C=O) groups is 1. The lowest BCUT2D eigenvalue weighted by Crippen LogP contribution is -2.17. The molecule has 0 amide bonds. The summed E-state index contributed by atoms with van der Waals surface area (Å²) in [4.78, 5) is 13.1. The Morgan fingerprint density at radius 1 is 0.957 bits per heavy atom. The molecular formula is C19H15Cl2NO. The Labute approximate surface area is 144 Å². The summed E-state index contributed by atoms with van der Waals surface area (Å²) in [6, 6.07) is 13.2. The normalized spacial score (nSPS) is 14.0. The van der Waals surface area contributed by atoms with Crippen LogP contribution in [0.15, 0.2) is 42.5 Å². The van der Waals surface area contributed by atoms with E-state index in [0.29, 0.717) is 15.6 Å². The Balaban J connectivity index is 1.94. The number of aryl methyl sites for hydroxylation is 1. The van der Waals surface area contributed by atoms with Crippen molar-refractivity contribution in [1.29, 1.82) is 0 Å². The predicted octanol–water partition coefficient (Wildman–Crippen LogP) is 5.52. The van der Waals surface area contributed by atoms with Gasteiger partial charge in [-0.25, -0.2) is 0 Å². The molecule has 0 radical (unpaired) electrons. The maximum absolute atomic E-state index is 13.1. The highest BCUT2D eigenvalue weighted by atomic mass is 35.5. The molecule has 0 saturated carbocycles. The summed E-state index contributed by atoms with van der Waals surface area (Å²) in [7, 11) is 0. The Morgan fingerprint density at radius 2 is 1.74 bits per heavy atom. The van der Waals surface area contributed by atoms with Gasteiger partial charge in [0.25, 0.3) is 5.91 Å². The average molecular weight is 344 g/mol. The molecule has 0 unspecified atom stereocenters. The third-order valence-corrected chi connectivity index (χ3v) is 5.29. The molecule has 1 aromatic heterocycles. The van der Waals surface area contributed by atoms with Gasteiger partial charge in [-0.2, -0.15) is 0 Å². The van der Waals surface area contributed by atoms with E-state index >= 15 is 0 Å². The lowest BCUT2D eigenvalue weighted by atomic mass is 9.95. The number of nitrogens with zero attached hydrogens (tertiary/aromatic N) is 1. The van der Waals surface area contributed by atoms with E-state index in [4.69, 9.17) is 23.2 Å². The molecule has 23 heavy (non-hydrogen) atoms. The van der Waals surface area contributed by atoms with Crippen LogP contribution >= 0.6 is 23.2 Å². The molecule has 1 aliphatic rings. The van der Waals surface area contributed by atoms with Crippen LogP contribution in [0.25, 0.3) is 10.9 Å². The van der Waals surface area contributed by atoms with Gasteiger partial charge in [-0.15, -0.1) is 0 Å². The van der Waals surface area contributed by atoms with Crippen LogP contribution in [0.1, 0.15) is 34.5 Å². The molecule has 2 aromatic carbocycles. The van der Waals surface area contributed by atoms with Crippen LogP contribution in [0.5, 0.6) is 0 Å². The topological polar surface area (TPSA) is 22.0 Å². The van der Waals surface area contributed by atoms with E-state index in [0.717, 1.165) is 30.5 Å². The molecule has 2 nitrogen and oxygen atoms in total. The zero-order valence-corrected chi connectivity index (χ0v) is 14.0. The SMILES string of the molecule is O=C(c1ccc(Cl)c(Cl)c1)n1c2c(c3ccccc31)CCCC2. The van der Waals surface area contributed by atoms with Crippen LogP contribution in [-0.2, 0) is 12.8 Å². The fourth-order valence-electron chi connectivity index (χ4n) is 3.49. The molecule has 0 atom stereocenters. The van der Waals surface area contributed by atoms with Crippen molar-refractivity contribution in [2.24, 2.45) is 0 Å². The van der Waals surface area contributed by atoms with Crippen molar-refractivity contribution in [3.63, 3.8) is 0 Å². The maximum atomic E-state index is 13.1. The van der Waals surface area contributed by atoms with Gasteiger partial charge in [0.1, 0.15) is 0 Å². The summed E-state index contributed by atoms with van der Waals surface area (Å²) in [5.74, 6) is -0.0390. The Bertz CT molecular complexity index is 927. The van der Waals surface area contributed by atoms with E-state index < -0.39 is 0 Å². The van der Waals surface area contributed by atoms with Crippen molar-refractivity contribution in [3.05, 3.63) is 69.3 Å². The van der Waals surface area contributed by atoms with Crippen molar-refractivity contribution >= 4 is 40.0 Å². The molecule has 0 aliphatic heterocycles. The zero-order valence-electron chi connectivity index (χ0n) is 12.5. The average Bonchev–Trinajstić information content (AvgIpc) is 2.91. The highest BCUT2D eigenvalue weighted by Gasteiger charge is 2.24. The monoisotopic (exact) mass is 343 g/mol. The summed E-state index contributed by atoms with van der Waals surface area (Å²) in [5, 5.41) is 2.06. The number of hydrogen-bond acceptors (Lipinski definition) is 1. The van der Waals surface area contributed by atoms with Crippen molar-refractivity contribution in [1.82, 2.24) is 4.57 Å². The minimum atomic E-state index is -0.0390. The molecule has 1 aliphatic carbocycles. The maximum Gasteiger partial charge on any atom is 0.262 e. The molecule has 116 valence electrons. The Morgan fingerprint density at radius 3 is 2.57 bits per heavy atom. The summed E-state index contributed by atoms with van der Waals surface area (Å²) in [6.07, 6.45) is 4.29. The molecule has 0 saturated heterocycles. The Kier molecular flexibility index (Phi) is 3.67. The molecule has 0 fully saturated rings. The zero-order chi connectivity index (χ0) is 16.0. The van der Waals surface area contributed by atoms with E-state index in [1.807, 2.05) is 22.8 Å². The van der Waals surface area contributed by atoms with Gasteiger partial charge < -0.3 is 0 Å². The summed E-state index contributed by atoms with van der Waals surface area (Å²) >= 11 is 12.1. The smallest absolute Gasteiger partial charge is 0.262 e.